The summed E-state index contributed by atoms with van der Waals surface area (Å²) in [5.74, 6) is -0.370. The molecule has 0 aliphatic carbocycles. The Bertz CT molecular complexity index is 554. The minimum Gasteiger partial charge on any atom is -0.461 e. The summed E-state index contributed by atoms with van der Waals surface area (Å²) in [6.07, 6.45) is 3.52. The van der Waals surface area contributed by atoms with Crippen LogP contribution >= 0.6 is 11.3 Å². The maximum Gasteiger partial charge on any atom is 0.358 e. The molecule has 6 heteroatoms. The number of esters is 1. The van der Waals surface area contributed by atoms with Crippen molar-refractivity contribution in [3.05, 3.63) is 40.7 Å². The van der Waals surface area contributed by atoms with E-state index in [2.05, 4.69) is 15.3 Å². The third-order valence-electron chi connectivity index (χ3n) is 2.43. The lowest BCUT2D eigenvalue weighted by Gasteiger charge is -2.01. The number of carbonyl (C=O) groups is 1. The zero-order chi connectivity index (χ0) is 13.7. The molecule has 0 atom stereocenters. The third kappa shape index (κ3) is 3.51. The average Bonchev–Trinajstić information content (AvgIpc) is 2.79. The van der Waals surface area contributed by atoms with Gasteiger partial charge in [-0.3, -0.25) is 4.98 Å². The topological polar surface area (TPSA) is 64.1 Å². The zero-order valence-corrected chi connectivity index (χ0v) is 11.7. The molecule has 0 aliphatic rings. The summed E-state index contributed by atoms with van der Waals surface area (Å²) in [6, 6.07) is 3.86. The first-order valence-electron chi connectivity index (χ1n) is 5.98. The SMILES string of the molecule is CCOC(=O)c1nc(NCc2cccnc2)sc1C. The Morgan fingerprint density at radius 3 is 3.05 bits per heavy atom. The largest absolute Gasteiger partial charge is 0.461 e. The Morgan fingerprint density at radius 2 is 2.37 bits per heavy atom. The van der Waals surface area contributed by atoms with Gasteiger partial charge in [-0.1, -0.05) is 6.07 Å². The average molecular weight is 277 g/mol. The molecule has 2 rings (SSSR count). The van der Waals surface area contributed by atoms with Crippen molar-refractivity contribution >= 4 is 22.4 Å². The molecule has 0 spiro atoms. The van der Waals surface area contributed by atoms with Gasteiger partial charge in [0.2, 0.25) is 0 Å². The van der Waals surface area contributed by atoms with Crippen molar-refractivity contribution in [1.82, 2.24) is 9.97 Å². The summed E-state index contributed by atoms with van der Waals surface area (Å²) in [5.41, 5.74) is 1.45. The quantitative estimate of drug-likeness (QED) is 0.851. The second-order valence-electron chi connectivity index (χ2n) is 3.86. The number of aryl methyl sites for hydroxylation is 1. The summed E-state index contributed by atoms with van der Waals surface area (Å²) in [7, 11) is 0. The van der Waals surface area contributed by atoms with Crippen LogP contribution in [-0.2, 0) is 11.3 Å². The molecular weight excluding hydrogens is 262 g/mol. The second-order valence-corrected chi connectivity index (χ2v) is 5.06. The van der Waals surface area contributed by atoms with Gasteiger partial charge in [-0.15, -0.1) is 11.3 Å². The Labute approximate surface area is 115 Å². The number of aromatic nitrogens is 2. The summed E-state index contributed by atoms with van der Waals surface area (Å²) in [5, 5.41) is 3.89. The molecule has 0 saturated heterocycles. The zero-order valence-electron chi connectivity index (χ0n) is 10.8. The molecule has 0 saturated carbocycles. The first kappa shape index (κ1) is 13.5. The number of nitrogens with one attached hydrogen (secondary N) is 1. The van der Waals surface area contributed by atoms with Gasteiger partial charge in [-0.05, 0) is 25.5 Å². The number of ether oxygens (including phenoxy) is 1. The van der Waals surface area contributed by atoms with Crippen LogP contribution in [0, 0.1) is 6.92 Å². The Hall–Kier alpha value is -1.95. The summed E-state index contributed by atoms with van der Waals surface area (Å²) < 4.78 is 4.95. The molecule has 2 heterocycles. The normalized spacial score (nSPS) is 10.2. The summed E-state index contributed by atoms with van der Waals surface area (Å²) in [6.45, 7) is 4.62. The van der Waals surface area contributed by atoms with Crippen LogP contribution in [0.3, 0.4) is 0 Å². The molecule has 100 valence electrons. The first-order chi connectivity index (χ1) is 9.20. The fraction of sp³-hybridized carbons (Fsp3) is 0.308. The first-order valence-corrected chi connectivity index (χ1v) is 6.79. The molecule has 2 aromatic rings. The van der Waals surface area contributed by atoms with Gasteiger partial charge < -0.3 is 10.1 Å². The number of hydrogen-bond donors (Lipinski definition) is 1. The van der Waals surface area contributed by atoms with Crippen molar-refractivity contribution < 1.29 is 9.53 Å². The number of nitrogens with zero attached hydrogens (tertiary/aromatic N) is 2. The van der Waals surface area contributed by atoms with Crippen LogP contribution in [0.4, 0.5) is 5.13 Å². The van der Waals surface area contributed by atoms with Crippen LogP contribution in [0.1, 0.15) is 27.9 Å². The maximum absolute atomic E-state index is 11.6. The lowest BCUT2D eigenvalue weighted by molar-refractivity contribution is 0.0519. The Balaban J connectivity index is 2.02. The van der Waals surface area contributed by atoms with E-state index in [9.17, 15) is 4.79 Å². The molecule has 0 radical (unpaired) electrons. The molecule has 19 heavy (non-hydrogen) atoms. The molecule has 5 nitrogen and oxygen atoms in total. The van der Waals surface area contributed by atoms with Gasteiger partial charge in [0.25, 0.3) is 0 Å². The fourth-order valence-corrected chi connectivity index (χ4v) is 2.34. The van der Waals surface area contributed by atoms with E-state index < -0.39 is 0 Å². The van der Waals surface area contributed by atoms with E-state index in [1.807, 2.05) is 19.1 Å². The van der Waals surface area contributed by atoms with Gasteiger partial charge in [0.1, 0.15) is 0 Å². The number of thiazole rings is 1. The lowest BCUT2D eigenvalue weighted by atomic mass is 10.3. The summed E-state index contributed by atoms with van der Waals surface area (Å²) >= 11 is 1.44. The van der Waals surface area contributed by atoms with Crippen LogP contribution in [0.15, 0.2) is 24.5 Å². The van der Waals surface area contributed by atoms with Gasteiger partial charge in [0, 0.05) is 23.8 Å². The number of rotatable bonds is 5. The minimum atomic E-state index is -0.370. The molecule has 0 fully saturated rings. The fourth-order valence-electron chi connectivity index (χ4n) is 1.54. The van der Waals surface area contributed by atoms with Crippen molar-refractivity contribution in [1.29, 1.82) is 0 Å². The summed E-state index contributed by atoms with van der Waals surface area (Å²) in [4.78, 5) is 20.8. The molecule has 1 N–H and O–H groups in total. The Morgan fingerprint density at radius 1 is 1.53 bits per heavy atom. The number of anilines is 1. The van der Waals surface area contributed by atoms with Crippen molar-refractivity contribution in [3.8, 4) is 0 Å². The van der Waals surface area contributed by atoms with E-state index in [0.717, 1.165) is 10.4 Å². The molecule has 0 aromatic carbocycles. The standard InChI is InChI=1S/C13H15N3O2S/c1-3-18-12(17)11-9(2)19-13(16-11)15-8-10-5-4-6-14-7-10/h4-7H,3,8H2,1-2H3,(H,15,16). The molecular formula is C13H15N3O2S. The van der Waals surface area contributed by atoms with Crippen LogP contribution in [0.2, 0.25) is 0 Å². The molecule has 0 amide bonds. The van der Waals surface area contributed by atoms with Crippen molar-refractivity contribution in [2.24, 2.45) is 0 Å². The highest BCUT2D eigenvalue weighted by Crippen LogP contribution is 2.23. The van der Waals surface area contributed by atoms with Crippen molar-refractivity contribution in [2.45, 2.75) is 20.4 Å². The molecule has 0 unspecified atom stereocenters. The van der Waals surface area contributed by atoms with Gasteiger partial charge in [-0.25, -0.2) is 9.78 Å². The van der Waals surface area contributed by atoms with E-state index in [0.29, 0.717) is 24.0 Å². The van der Waals surface area contributed by atoms with E-state index in [1.54, 1.807) is 19.3 Å². The van der Waals surface area contributed by atoms with Crippen LogP contribution < -0.4 is 5.32 Å². The second kappa shape index (κ2) is 6.29. The lowest BCUT2D eigenvalue weighted by Crippen LogP contribution is -2.07. The van der Waals surface area contributed by atoms with Crippen LogP contribution in [0.5, 0.6) is 0 Å². The predicted molar refractivity (Wildman–Crippen MR) is 74.4 cm³/mol. The molecule has 0 aliphatic heterocycles. The van der Waals surface area contributed by atoms with Gasteiger partial charge >= 0.3 is 5.97 Å². The maximum atomic E-state index is 11.6. The van der Waals surface area contributed by atoms with Crippen molar-refractivity contribution in [3.63, 3.8) is 0 Å². The van der Waals surface area contributed by atoms with Crippen molar-refractivity contribution in [2.75, 3.05) is 11.9 Å². The Kier molecular flexibility index (Phi) is 4.46. The smallest absolute Gasteiger partial charge is 0.358 e. The number of hydrogen-bond acceptors (Lipinski definition) is 6. The monoisotopic (exact) mass is 277 g/mol. The van der Waals surface area contributed by atoms with Crippen LogP contribution in [-0.4, -0.2) is 22.5 Å². The highest BCUT2D eigenvalue weighted by Gasteiger charge is 2.16. The predicted octanol–water partition coefficient (Wildman–Crippen LogP) is 2.64. The highest BCUT2D eigenvalue weighted by atomic mass is 32.1. The van der Waals surface area contributed by atoms with E-state index in [1.165, 1.54) is 11.3 Å². The molecule has 2 aromatic heterocycles. The van der Waals surface area contributed by atoms with E-state index >= 15 is 0 Å². The van der Waals surface area contributed by atoms with Gasteiger partial charge in [0.15, 0.2) is 10.8 Å². The van der Waals surface area contributed by atoms with E-state index in [-0.39, 0.29) is 5.97 Å². The van der Waals surface area contributed by atoms with E-state index in [4.69, 9.17) is 4.74 Å². The number of carbonyl (C=O) groups excluding carboxylic acids is 1. The van der Waals surface area contributed by atoms with Gasteiger partial charge in [0.05, 0.1) is 6.61 Å². The minimum absolute atomic E-state index is 0.355. The van der Waals surface area contributed by atoms with Gasteiger partial charge in [-0.2, -0.15) is 0 Å². The van der Waals surface area contributed by atoms with Crippen LogP contribution in [0.25, 0.3) is 0 Å². The highest BCUT2D eigenvalue weighted by molar-refractivity contribution is 7.15. The molecule has 0 bridgehead atoms. The number of pyridine rings is 1. The third-order valence-corrected chi connectivity index (χ3v) is 3.36.